The summed E-state index contributed by atoms with van der Waals surface area (Å²) < 4.78 is 5.35. The number of amides is 1. The molecule has 0 fully saturated rings. The molecule has 5 N–H and O–H groups in total. The second kappa shape index (κ2) is 11.0. The van der Waals surface area contributed by atoms with Crippen molar-refractivity contribution in [3.05, 3.63) is 66.2 Å². The van der Waals surface area contributed by atoms with Crippen molar-refractivity contribution in [3.63, 3.8) is 0 Å². The third kappa shape index (κ3) is 7.13. The van der Waals surface area contributed by atoms with Gasteiger partial charge in [-0.25, -0.2) is 0 Å². The minimum absolute atomic E-state index is 0.0520. The van der Waals surface area contributed by atoms with Crippen LogP contribution in [-0.4, -0.2) is 29.3 Å². The molecule has 6 nitrogen and oxygen atoms in total. The molecular formula is C21H26N2O4. The summed E-state index contributed by atoms with van der Waals surface area (Å²) in [5.41, 5.74) is 7.66. The first-order chi connectivity index (χ1) is 13.1. The van der Waals surface area contributed by atoms with E-state index in [0.29, 0.717) is 30.0 Å². The van der Waals surface area contributed by atoms with E-state index in [1.807, 2.05) is 12.1 Å². The van der Waals surface area contributed by atoms with Crippen molar-refractivity contribution < 1.29 is 19.7 Å². The van der Waals surface area contributed by atoms with E-state index in [4.69, 9.17) is 15.6 Å². The van der Waals surface area contributed by atoms with Gasteiger partial charge in [0.05, 0.1) is 24.1 Å². The summed E-state index contributed by atoms with van der Waals surface area (Å²) in [6, 6.07) is 14.3. The normalized spacial score (nSPS) is 12.1. The number of ether oxygens (including phenoxy) is 1. The standard InChI is InChI=1S/C21H26N2O4/c22-18-9-4-5-10-19(18)23-21(26)12-3-1-2-11-20(25)16-7-6-8-17(15-16)27-14-13-24/h3-10,12,15,20,24-25H,1-2,11,13-14,22H2,(H,23,26)/b12-3+/t20-/m1/s1. The predicted octanol–water partition coefficient (Wildman–Crippen LogP) is 3.04. The largest absolute Gasteiger partial charge is 0.491 e. The second-order valence-corrected chi connectivity index (χ2v) is 6.07. The maximum absolute atomic E-state index is 11.9. The molecule has 0 radical (unpaired) electrons. The van der Waals surface area contributed by atoms with Gasteiger partial charge in [-0.2, -0.15) is 0 Å². The first-order valence-electron chi connectivity index (χ1n) is 8.94. The number of hydrogen-bond acceptors (Lipinski definition) is 5. The first kappa shape index (κ1) is 20.5. The van der Waals surface area contributed by atoms with Gasteiger partial charge in [-0.3, -0.25) is 4.79 Å². The van der Waals surface area contributed by atoms with Gasteiger partial charge < -0.3 is 26.0 Å². The molecule has 0 aliphatic heterocycles. The number of carbonyl (C=O) groups is 1. The van der Waals surface area contributed by atoms with E-state index in [0.717, 1.165) is 12.0 Å². The van der Waals surface area contributed by atoms with Gasteiger partial charge in [0.15, 0.2) is 0 Å². The molecule has 1 atom stereocenters. The van der Waals surface area contributed by atoms with Crippen LogP contribution in [0.5, 0.6) is 5.75 Å². The van der Waals surface area contributed by atoms with Crippen LogP contribution in [0, 0.1) is 0 Å². The summed E-state index contributed by atoms with van der Waals surface area (Å²) in [7, 11) is 0. The molecule has 0 bridgehead atoms. The molecule has 0 aromatic heterocycles. The van der Waals surface area contributed by atoms with Crippen LogP contribution in [0.4, 0.5) is 11.4 Å². The number of benzene rings is 2. The van der Waals surface area contributed by atoms with E-state index in [1.54, 1.807) is 42.5 Å². The zero-order valence-electron chi connectivity index (χ0n) is 15.2. The van der Waals surface area contributed by atoms with Crippen LogP contribution in [0.3, 0.4) is 0 Å². The fraction of sp³-hybridized carbons (Fsp3) is 0.286. The summed E-state index contributed by atoms with van der Waals surface area (Å²) in [4.78, 5) is 11.9. The zero-order valence-corrected chi connectivity index (χ0v) is 15.2. The molecule has 2 rings (SSSR count). The van der Waals surface area contributed by atoms with Crippen molar-refractivity contribution in [2.45, 2.75) is 25.4 Å². The lowest BCUT2D eigenvalue weighted by Gasteiger charge is -2.12. The molecule has 6 heteroatoms. The molecule has 0 aliphatic carbocycles. The molecule has 2 aromatic carbocycles. The number of allylic oxidation sites excluding steroid dienone is 1. The Labute approximate surface area is 159 Å². The first-order valence-corrected chi connectivity index (χ1v) is 8.94. The Balaban J connectivity index is 1.73. The van der Waals surface area contributed by atoms with Crippen molar-refractivity contribution in [1.29, 1.82) is 0 Å². The number of hydrogen-bond donors (Lipinski definition) is 4. The van der Waals surface area contributed by atoms with E-state index in [1.165, 1.54) is 6.08 Å². The highest BCUT2D eigenvalue weighted by molar-refractivity contribution is 6.01. The SMILES string of the molecule is Nc1ccccc1NC(=O)/C=C/CCC[C@@H](O)c1cccc(OCCO)c1. The number of nitrogen functional groups attached to an aromatic ring is 1. The number of anilines is 2. The Morgan fingerprint density at radius 1 is 1.22 bits per heavy atom. The number of nitrogens with one attached hydrogen (secondary N) is 1. The van der Waals surface area contributed by atoms with Gasteiger partial charge in [0.1, 0.15) is 12.4 Å². The van der Waals surface area contributed by atoms with Gasteiger partial charge in [-0.15, -0.1) is 0 Å². The number of nitrogens with two attached hydrogens (primary N) is 1. The molecule has 0 spiro atoms. The smallest absolute Gasteiger partial charge is 0.248 e. The molecule has 1 amide bonds. The van der Waals surface area contributed by atoms with E-state index >= 15 is 0 Å². The molecule has 0 saturated carbocycles. The summed E-state index contributed by atoms with van der Waals surface area (Å²) in [5, 5.41) is 21.8. The quantitative estimate of drug-likeness (QED) is 0.292. The van der Waals surface area contributed by atoms with Crippen LogP contribution in [-0.2, 0) is 4.79 Å². The summed E-state index contributed by atoms with van der Waals surface area (Å²) in [6.45, 7) is 0.171. The fourth-order valence-corrected chi connectivity index (χ4v) is 2.55. The second-order valence-electron chi connectivity index (χ2n) is 6.07. The molecule has 27 heavy (non-hydrogen) atoms. The van der Waals surface area contributed by atoms with Gasteiger partial charge in [0, 0.05) is 0 Å². The lowest BCUT2D eigenvalue weighted by atomic mass is 10.0. The van der Waals surface area contributed by atoms with Gasteiger partial charge in [0.2, 0.25) is 5.91 Å². The van der Waals surface area contributed by atoms with Crippen LogP contribution < -0.4 is 15.8 Å². The van der Waals surface area contributed by atoms with Gasteiger partial charge in [-0.05, 0) is 55.2 Å². The van der Waals surface area contributed by atoms with E-state index in [-0.39, 0.29) is 19.1 Å². The minimum atomic E-state index is -0.603. The number of para-hydroxylation sites is 2. The number of aliphatic hydroxyl groups is 2. The Hall–Kier alpha value is -2.83. The Bertz CT molecular complexity index is 761. The maximum Gasteiger partial charge on any atom is 0.248 e. The highest BCUT2D eigenvalue weighted by Gasteiger charge is 2.08. The highest BCUT2D eigenvalue weighted by Crippen LogP contribution is 2.23. The third-order valence-electron chi connectivity index (χ3n) is 3.94. The van der Waals surface area contributed by atoms with Crippen LogP contribution in [0.1, 0.15) is 30.9 Å². The van der Waals surface area contributed by atoms with Gasteiger partial charge in [-0.1, -0.05) is 30.3 Å². The van der Waals surface area contributed by atoms with Crippen molar-refractivity contribution in [1.82, 2.24) is 0 Å². The van der Waals surface area contributed by atoms with Crippen molar-refractivity contribution in [2.24, 2.45) is 0 Å². The lowest BCUT2D eigenvalue weighted by Crippen LogP contribution is -2.09. The molecule has 0 saturated heterocycles. The van der Waals surface area contributed by atoms with Gasteiger partial charge in [0.25, 0.3) is 0 Å². The lowest BCUT2D eigenvalue weighted by molar-refractivity contribution is -0.111. The fourth-order valence-electron chi connectivity index (χ4n) is 2.55. The predicted molar refractivity (Wildman–Crippen MR) is 106 cm³/mol. The van der Waals surface area contributed by atoms with E-state index < -0.39 is 6.10 Å². The molecule has 0 aliphatic rings. The number of unbranched alkanes of at least 4 members (excludes halogenated alkanes) is 1. The molecular weight excluding hydrogens is 344 g/mol. The monoisotopic (exact) mass is 370 g/mol. The molecule has 0 heterocycles. The topological polar surface area (TPSA) is 105 Å². The number of aliphatic hydroxyl groups excluding tert-OH is 2. The summed E-state index contributed by atoms with van der Waals surface area (Å²) in [5.74, 6) is 0.388. The van der Waals surface area contributed by atoms with Crippen LogP contribution in [0.15, 0.2) is 60.7 Å². The van der Waals surface area contributed by atoms with Crippen molar-refractivity contribution in [2.75, 3.05) is 24.3 Å². The minimum Gasteiger partial charge on any atom is -0.491 e. The van der Waals surface area contributed by atoms with E-state index in [9.17, 15) is 9.90 Å². The molecule has 0 unspecified atom stereocenters. The van der Waals surface area contributed by atoms with Crippen molar-refractivity contribution in [3.8, 4) is 5.75 Å². The molecule has 144 valence electrons. The zero-order chi connectivity index (χ0) is 19.5. The average molecular weight is 370 g/mol. The number of rotatable bonds is 10. The van der Waals surface area contributed by atoms with Gasteiger partial charge >= 0.3 is 0 Å². The molecule has 2 aromatic rings. The van der Waals surface area contributed by atoms with Crippen molar-refractivity contribution >= 4 is 17.3 Å². The Morgan fingerprint density at radius 3 is 2.81 bits per heavy atom. The van der Waals surface area contributed by atoms with E-state index in [2.05, 4.69) is 5.32 Å². The Kier molecular flexibility index (Phi) is 8.35. The average Bonchev–Trinajstić information content (AvgIpc) is 2.68. The van der Waals surface area contributed by atoms with Crippen LogP contribution in [0.2, 0.25) is 0 Å². The summed E-state index contributed by atoms with van der Waals surface area (Å²) >= 11 is 0. The van der Waals surface area contributed by atoms with Crippen LogP contribution in [0.25, 0.3) is 0 Å². The maximum atomic E-state index is 11.9. The Morgan fingerprint density at radius 2 is 2.04 bits per heavy atom. The third-order valence-corrected chi connectivity index (χ3v) is 3.94. The number of carbonyl (C=O) groups excluding carboxylic acids is 1. The van der Waals surface area contributed by atoms with Crippen LogP contribution >= 0.6 is 0 Å². The highest BCUT2D eigenvalue weighted by atomic mass is 16.5. The summed E-state index contributed by atoms with van der Waals surface area (Å²) in [6.07, 6.45) is 4.63.